The first kappa shape index (κ1) is 14.5. The van der Waals surface area contributed by atoms with E-state index in [4.69, 9.17) is 5.73 Å². The first-order valence-corrected chi connectivity index (χ1v) is 8.35. The summed E-state index contributed by atoms with van der Waals surface area (Å²) in [6, 6.07) is 8.50. The Morgan fingerprint density at radius 2 is 1.63 bits per heavy atom. The summed E-state index contributed by atoms with van der Waals surface area (Å²) in [5.74, 6) is 0. The van der Waals surface area contributed by atoms with Crippen LogP contribution in [0.3, 0.4) is 0 Å². The first-order chi connectivity index (χ1) is 9.08. The van der Waals surface area contributed by atoms with E-state index in [2.05, 4.69) is 4.72 Å². The monoisotopic (exact) mass is 282 g/mol. The lowest BCUT2D eigenvalue weighted by molar-refractivity contribution is 0.342. The smallest absolute Gasteiger partial charge is 0.241 e. The molecule has 1 saturated carbocycles. The number of nitrogens with one attached hydrogen (secondary N) is 1. The van der Waals surface area contributed by atoms with Crippen LogP contribution >= 0.6 is 0 Å². The molecule has 2 rings (SSSR count). The van der Waals surface area contributed by atoms with Crippen molar-refractivity contribution in [1.82, 2.24) is 4.72 Å². The molecule has 0 aliphatic heterocycles. The molecule has 0 unspecified atom stereocenters. The Labute approximate surface area is 115 Å². The minimum atomic E-state index is -3.48. The van der Waals surface area contributed by atoms with Gasteiger partial charge in [0.05, 0.1) is 4.90 Å². The van der Waals surface area contributed by atoms with Crippen molar-refractivity contribution in [3.8, 4) is 0 Å². The molecule has 1 aromatic carbocycles. The van der Waals surface area contributed by atoms with Crippen LogP contribution in [0.1, 0.15) is 38.5 Å². The minimum Gasteiger partial charge on any atom is -0.329 e. The molecule has 0 saturated heterocycles. The highest BCUT2D eigenvalue weighted by Crippen LogP contribution is 2.28. The largest absolute Gasteiger partial charge is 0.329 e. The van der Waals surface area contributed by atoms with E-state index in [1.54, 1.807) is 24.3 Å². The lowest BCUT2D eigenvalue weighted by Gasteiger charge is -2.32. The third-order valence-corrected chi connectivity index (χ3v) is 5.45. The molecule has 0 atom stereocenters. The van der Waals surface area contributed by atoms with Gasteiger partial charge in [0.25, 0.3) is 0 Å². The zero-order valence-corrected chi connectivity index (χ0v) is 12.0. The van der Waals surface area contributed by atoms with Crippen molar-refractivity contribution >= 4 is 10.0 Å². The molecule has 1 aromatic rings. The van der Waals surface area contributed by atoms with Gasteiger partial charge in [-0.1, -0.05) is 43.9 Å². The molecule has 4 nitrogen and oxygen atoms in total. The van der Waals surface area contributed by atoms with Crippen molar-refractivity contribution < 1.29 is 8.42 Å². The fourth-order valence-corrected chi connectivity index (χ4v) is 4.19. The molecule has 3 N–H and O–H groups in total. The van der Waals surface area contributed by atoms with Crippen LogP contribution in [-0.2, 0) is 10.0 Å². The van der Waals surface area contributed by atoms with E-state index in [-0.39, 0.29) is 0 Å². The molecular formula is C14H22N2O2S. The summed E-state index contributed by atoms with van der Waals surface area (Å²) in [5.41, 5.74) is 5.40. The highest BCUT2D eigenvalue weighted by Gasteiger charge is 2.34. The summed E-state index contributed by atoms with van der Waals surface area (Å²) >= 11 is 0. The number of sulfonamides is 1. The van der Waals surface area contributed by atoms with Gasteiger partial charge < -0.3 is 5.73 Å². The van der Waals surface area contributed by atoms with Gasteiger partial charge in [-0.05, 0) is 25.0 Å². The predicted molar refractivity (Wildman–Crippen MR) is 76.3 cm³/mol. The SMILES string of the molecule is NCC1(NS(=O)(=O)c2ccccc2)CCCCCC1. The van der Waals surface area contributed by atoms with Crippen molar-refractivity contribution in [3.05, 3.63) is 30.3 Å². The quantitative estimate of drug-likeness (QED) is 0.830. The summed E-state index contributed by atoms with van der Waals surface area (Å²) in [5, 5.41) is 0. The molecule has 0 amide bonds. The molecule has 0 bridgehead atoms. The maximum atomic E-state index is 12.4. The molecule has 0 spiro atoms. The van der Waals surface area contributed by atoms with E-state index >= 15 is 0 Å². The van der Waals surface area contributed by atoms with Gasteiger partial charge >= 0.3 is 0 Å². The second-order valence-corrected chi connectivity index (χ2v) is 7.00. The van der Waals surface area contributed by atoms with E-state index in [0.29, 0.717) is 11.4 Å². The maximum absolute atomic E-state index is 12.4. The molecule has 1 aliphatic rings. The van der Waals surface area contributed by atoms with E-state index in [1.807, 2.05) is 6.07 Å². The van der Waals surface area contributed by atoms with Gasteiger partial charge in [-0.25, -0.2) is 13.1 Å². The van der Waals surface area contributed by atoms with Crippen LogP contribution < -0.4 is 10.5 Å². The van der Waals surface area contributed by atoms with E-state index in [0.717, 1.165) is 38.5 Å². The molecule has 1 fully saturated rings. The Morgan fingerprint density at radius 1 is 1.05 bits per heavy atom. The zero-order valence-electron chi connectivity index (χ0n) is 11.1. The van der Waals surface area contributed by atoms with Gasteiger partial charge in [0.15, 0.2) is 0 Å². The molecule has 5 heteroatoms. The summed E-state index contributed by atoms with van der Waals surface area (Å²) in [6.45, 7) is 0.360. The van der Waals surface area contributed by atoms with Gasteiger partial charge in [-0.15, -0.1) is 0 Å². The van der Waals surface area contributed by atoms with Gasteiger partial charge in [0, 0.05) is 12.1 Å². The zero-order chi connectivity index (χ0) is 13.8. The van der Waals surface area contributed by atoms with Crippen molar-refractivity contribution in [3.63, 3.8) is 0 Å². The second kappa shape index (κ2) is 6.03. The van der Waals surface area contributed by atoms with Crippen molar-refractivity contribution in [2.24, 2.45) is 5.73 Å². The van der Waals surface area contributed by atoms with Crippen molar-refractivity contribution in [2.45, 2.75) is 49.0 Å². The van der Waals surface area contributed by atoms with Gasteiger partial charge in [-0.2, -0.15) is 0 Å². The van der Waals surface area contributed by atoms with E-state index in [1.165, 1.54) is 0 Å². The number of hydrogen-bond donors (Lipinski definition) is 2. The standard InChI is InChI=1S/C14H22N2O2S/c15-12-14(10-6-1-2-7-11-14)16-19(17,18)13-8-4-3-5-9-13/h3-5,8-9,16H,1-2,6-7,10-12,15H2. The average Bonchev–Trinajstić information content (AvgIpc) is 2.65. The summed E-state index contributed by atoms with van der Waals surface area (Å²) < 4.78 is 27.7. The fraction of sp³-hybridized carbons (Fsp3) is 0.571. The van der Waals surface area contributed by atoms with Gasteiger partial charge in [0.1, 0.15) is 0 Å². The summed E-state index contributed by atoms with van der Waals surface area (Å²) in [7, 11) is -3.48. The average molecular weight is 282 g/mol. The molecule has 19 heavy (non-hydrogen) atoms. The second-order valence-electron chi connectivity index (χ2n) is 5.32. The summed E-state index contributed by atoms with van der Waals surface area (Å²) in [4.78, 5) is 0.312. The molecule has 1 aliphatic carbocycles. The van der Waals surface area contributed by atoms with Crippen LogP contribution in [0, 0.1) is 0 Å². The molecule has 0 heterocycles. The topological polar surface area (TPSA) is 72.2 Å². The highest BCUT2D eigenvalue weighted by molar-refractivity contribution is 7.89. The van der Waals surface area contributed by atoms with Gasteiger partial charge in [-0.3, -0.25) is 0 Å². The summed E-state index contributed by atoms with van der Waals surface area (Å²) in [6.07, 6.45) is 6.05. The number of hydrogen-bond acceptors (Lipinski definition) is 3. The maximum Gasteiger partial charge on any atom is 0.241 e. The third kappa shape index (κ3) is 3.55. The fourth-order valence-electron chi connectivity index (χ4n) is 2.70. The minimum absolute atomic E-state index is 0.312. The van der Waals surface area contributed by atoms with Crippen LogP contribution in [0.25, 0.3) is 0 Å². The van der Waals surface area contributed by atoms with Crippen LogP contribution in [0.2, 0.25) is 0 Å². The normalized spacial score (nSPS) is 19.8. The van der Waals surface area contributed by atoms with Gasteiger partial charge in [0.2, 0.25) is 10.0 Å². The Morgan fingerprint density at radius 3 is 2.16 bits per heavy atom. The number of nitrogens with two attached hydrogens (primary N) is 1. The molecule has 0 radical (unpaired) electrons. The van der Waals surface area contributed by atoms with Crippen LogP contribution in [0.5, 0.6) is 0 Å². The van der Waals surface area contributed by atoms with Crippen LogP contribution in [0.4, 0.5) is 0 Å². The lowest BCUT2D eigenvalue weighted by Crippen LogP contribution is -2.53. The Hall–Kier alpha value is -0.910. The molecule has 0 aromatic heterocycles. The van der Waals surface area contributed by atoms with Crippen molar-refractivity contribution in [1.29, 1.82) is 0 Å². The van der Waals surface area contributed by atoms with Crippen LogP contribution in [0.15, 0.2) is 35.2 Å². The van der Waals surface area contributed by atoms with Crippen molar-refractivity contribution in [2.75, 3.05) is 6.54 Å². The van der Waals surface area contributed by atoms with E-state index < -0.39 is 15.6 Å². The highest BCUT2D eigenvalue weighted by atomic mass is 32.2. The number of rotatable bonds is 4. The molecule has 106 valence electrons. The van der Waals surface area contributed by atoms with E-state index in [9.17, 15) is 8.42 Å². The first-order valence-electron chi connectivity index (χ1n) is 6.87. The Balaban J connectivity index is 2.22. The Bertz CT molecular complexity index is 491. The lowest BCUT2D eigenvalue weighted by atomic mass is 9.92. The number of benzene rings is 1. The Kier molecular flexibility index (Phi) is 4.60. The molecular weight excluding hydrogens is 260 g/mol. The van der Waals surface area contributed by atoms with Crippen LogP contribution in [-0.4, -0.2) is 20.5 Å². The predicted octanol–water partition coefficient (Wildman–Crippen LogP) is 2.02. The third-order valence-electron chi connectivity index (χ3n) is 3.86.